The Morgan fingerprint density at radius 3 is 2.59 bits per heavy atom. The van der Waals surface area contributed by atoms with Crippen LogP contribution in [-0.4, -0.2) is 34.4 Å². The molecule has 0 saturated carbocycles. The Hall–Kier alpha value is -3.68. The molecule has 1 amide bonds. The van der Waals surface area contributed by atoms with Crippen LogP contribution in [0.2, 0.25) is 0 Å². The maximum atomic E-state index is 13.0. The average molecular weight is 435 g/mol. The lowest BCUT2D eigenvalue weighted by molar-refractivity contribution is -0.136. The number of ether oxygens (including phenoxy) is 1. The summed E-state index contributed by atoms with van der Waals surface area (Å²) in [6, 6.07) is 11.1. The average Bonchev–Trinajstić information content (AvgIpc) is 3.51. The van der Waals surface area contributed by atoms with Crippen molar-refractivity contribution in [3.05, 3.63) is 76.6 Å². The molecule has 3 heterocycles. The third kappa shape index (κ3) is 4.21. The van der Waals surface area contributed by atoms with Crippen molar-refractivity contribution >= 4 is 17.6 Å². The molecule has 0 aliphatic carbocycles. The lowest BCUT2D eigenvalue weighted by atomic mass is 10.0. The van der Waals surface area contributed by atoms with Gasteiger partial charge in [0.25, 0.3) is 5.91 Å². The Labute approximate surface area is 185 Å². The van der Waals surface area contributed by atoms with Crippen molar-refractivity contribution in [2.75, 3.05) is 6.61 Å². The van der Waals surface area contributed by atoms with Crippen molar-refractivity contribution in [1.29, 1.82) is 0 Å². The van der Waals surface area contributed by atoms with Gasteiger partial charge in [0.05, 0.1) is 17.7 Å². The van der Waals surface area contributed by atoms with E-state index < -0.39 is 24.5 Å². The molecule has 1 aliphatic rings. The fraction of sp³-hybridized carbons (Fsp3) is 0.333. The van der Waals surface area contributed by atoms with Crippen LogP contribution in [0.1, 0.15) is 70.9 Å². The van der Waals surface area contributed by atoms with Crippen molar-refractivity contribution in [3.8, 4) is 0 Å². The number of hydrogen-bond acceptors (Lipinski definition) is 7. The number of amides is 1. The van der Waals surface area contributed by atoms with Gasteiger partial charge < -0.3 is 13.7 Å². The number of benzene rings is 1. The quantitative estimate of drug-likeness (QED) is 0.527. The van der Waals surface area contributed by atoms with Gasteiger partial charge in [0.2, 0.25) is 0 Å². The molecule has 1 unspecified atom stereocenters. The van der Waals surface area contributed by atoms with Crippen LogP contribution < -0.4 is 0 Å². The van der Waals surface area contributed by atoms with E-state index in [4.69, 9.17) is 13.7 Å². The molecule has 8 nitrogen and oxygen atoms in total. The molecule has 1 atom stereocenters. The maximum Gasteiger partial charge on any atom is 0.344 e. The highest BCUT2D eigenvalue weighted by Gasteiger charge is 2.35. The normalized spacial score (nSPS) is 15.8. The summed E-state index contributed by atoms with van der Waals surface area (Å²) in [6.07, 6.45) is 2.06. The summed E-state index contributed by atoms with van der Waals surface area (Å²) in [6.45, 7) is 7.00. The van der Waals surface area contributed by atoms with Crippen molar-refractivity contribution < 1.29 is 23.3 Å². The highest BCUT2D eigenvalue weighted by molar-refractivity contribution is 6.03. The Balaban J connectivity index is 1.53. The van der Waals surface area contributed by atoms with E-state index in [1.54, 1.807) is 25.3 Å². The first-order valence-corrected chi connectivity index (χ1v) is 10.5. The number of nitrogens with zero attached hydrogens (tertiary/aromatic N) is 3. The standard InChI is InChI=1S/C24H25N3O5/c1-14(2)23-22(16(4)26-32-23)24(29)31-13-21(28)27-19(20-6-5-11-30-20)12-18(25-27)17-9-7-15(3)8-10-17/h5-11,14,19H,12-13H2,1-4H3. The molecule has 0 spiro atoms. The Bertz CT molecular complexity index is 1140. The van der Waals surface area contributed by atoms with Gasteiger partial charge in [-0.1, -0.05) is 48.8 Å². The number of hydrazone groups is 1. The number of aromatic nitrogens is 1. The summed E-state index contributed by atoms with van der Waals surface area (Å²) in [5.41, 5.74) is 3.53. The number of furan rings is 1. The fourth-order valence-corrected chi connectivity index (χ4v) is 3.66. The molecule has 1 aromatic carbocycles. The minimum absolute atomic E-state index is 0.0435. The molecular formula is C24H25N3O5. The second kappa shape index (κ2) is 8.82. The Kier molecular flexibility index (Phi) is 5.94. The van der Waals surface area contributed by atoms with Crippen LogP contribution in [0, 0.1) is 13.8 Å². The molecule has 8 heteroatoms. The number of esters is 1. The number of rotatable bonds is 6. The zero-order valence-corrected chi connectivity index (χ0v) is 18.5. The van der Waals surface area contributed by atoms with E-state index in [0.717, 1.165) is 16.8 Å². The molecule has 0 radical (unpaired) electrons. The molecule has 0 saturated heterocycles. The first-order chi connectivity index (χ1) is 15.3. The number of carbonyl (C=O) groups is 2. The van der Waals surface area contributed by atoms with Crippen molar-refractivity contribution in [2.24, 2.45) is 5.10 Å². The first-order valence-electron chi connectivity index (χ1n) is 10.5. The Morgan fingerprint density at radius 2 is 1.94 bits per heavy atom. The molecule has 3 aromatic rings. The third-order valence-electron chi connectivity index (χ3n) is 5.37. The van der Waals surface area contributed by atoms with Gasteiger partial charge in [-0.15, -0.1) is 0 Å². The fourth-order valence-electron chi connectivity index (χ4n) is 3.66. The predicted octanol–water partition coefficient (Wildman–Crippen LogP) is 4.54. The second-order valence-electron chi connectivity index (χ2n) is 8.12. The molecule has 32 heavy (non-hydrogen) atoms. The van der Waals surface area contributed by atoms with Crippen LogP contribution in [0.15, 0.2) is 56.7 Å². The molecule has 1 aliphatic heterocycles. The number of carbonyl (C=O) groups excluding carboxylic acids is 2. The van der Waals surface area contributed by atoms with Gasteiger partial charge in [-0.2, -0.15) is 5.10 Å². The van der Waals surface area contributed by atoms with Crippen LogP contribution in [0.4, 0.5) is 0 Å². The molecule has 0 bridgehead atoms. The van der Waals surface area contributed by atoms with Crippen LogP contribution in [-0.2, 0) is 9.53 Å². The molecular weight excluding hydrogens is 410 g/mol. The maximum absolute atomic E-state index is 13.0. The van der Waals surface area contributed by atoms with Gasteiger partial charge in [-0.3, -0.25) is 4.79 Å². The summed E-state index contributed by atoms with van der Waals surface area (Å²) in [5.74, 6) is -0.0702. The third-order valence-corrected chi connectivity index (χ3v) is 5.37. The molecule has 4 rings (SSSR count). The minimum Gasteiger partial charge on any atom is -0.467 e. The smallest absolute Gasteiger partial charge is 0.344 e. The van der Waals surface area contributed by atoms with E-state index in [1.165, 1.54) is 5.01 Å². The lowest BCUT2D eigenvalue weighted by Gasteiger charge is -2.19. The summed E-state index contributed by atoms with van der Waals surface area (Å²) in [4.78, 5) is 25.7. The van der Waals surface area contributed by atoms with Gasteiger partial charge in [0.1, 0.15) is 17.4 Å². The van der Waals surface area contributed by atoms with Crippen LogP contribution in [0.5, 0.6) is 0 Å². The van der Waals surface area contributed by atoms with E-state index in [9.17, 15) is 9.59 Å². The predicted molar refractivity (Wildman–Crippen MR) is 116 cm³/mol. The van der Waals surface area contributed by atoms with Gasteiger partial charge in [0.15, 0.2) is 12.4 Å². The van der Waals surface area contributed by atoms with Gasteiger partial charge in [-0.25, -0.2) is 9.80 Å². The topological polar surface area (TPSA) is 98.1 Å². The summed E-state index contributed by atoms with van der Waals surface area (Å²) < 4.78 is 16.1. The van der Waals surface area contributed by atoms with Gasteiger partial charge in [-0.05, 0) is 31.5 Å². The number of hydrogen-bond donors (Lipinski definition) is 0. The first kappa shape index (κ1) is 21.5. The largest absolute Gasteiger partial charge is 0.467 e. The number of aryl methyl sites for hydroxylation is 2. The van der Waals surface area contributed by atoms with Gasteiger partial charge in [0, 0.05) is 12.3 Å². The Morgan fingerprint density at radius 1 is 1.19 bits per heavy atom. The molecule has 2 aromatic heterocycles. The van der Waals surface area contributed by atoms with E-state index in [1.807, 2.05) is 45.0 Å². The lowest BCUT2D eigenvalue weighted by Crippen LogP contribution is -2.31. The van der Waals surface area contributed by atoms with E-state index >= 15 is 0 Å². The molecule has 0 N–H and O–H groups in total. The van der Waals surface area contributed by atoms with Crippen LogP contribution in [0.3, 0.4) is 0 Å². The van der Waals surface area contributed by atoms with Crippen LogP contribution in [0.25, 0.3) is 0 Å². The van der Waals surface area contributed by atoms with Crippen molar-refractivity contribution in [3.63, 3.8) is 0 Å². The monoisotopic (exact) mass is 435 g/mol. The SMILES string of the molecule is Cc1ccc(C2=NN(C(=O)COC(=O)c3c(C)noc3C(C)C)C(c3ccco3)C2)cc1. The van der Waals surface area contributed by atoms with Crippen LogP contribution >= 0.6 is 0 Å². The van der Waals surface area contributed by atoms with E-state index in [0.29, 0.717) is 23.6 Å². The second-order valence-corrected chi connectivity index (χ2v) is 8.12. The highest BCUT2D eigenvalue weighted by atomic mass is 16.5. The van der Waals surface area contributed by atoms with E-state index in [-0.39, 0.29) is 11.5 Å². The summed E-state index contributed by atoms with van der Waals surface area (Å²) >= 11 is 0. The highest BCUT2D eigenvalue weighted by Crippen LogP contribution is 2.33. The van der Waals surface area contributed by atoms with Crippen molar-refractivity contribution in [2.45, 2.75) is 46.1 Å². The van der Waals surface area contributed by atoms with Crippen molar-refractivity contribution in [1.82, 2.24) is 10.2 Å². The zero-order valence-electron chi connectivity index (χ0n) is 18.5. The molecule has 166 valence electrons. The summed E-state index contributed by atoms with van der Waals surface area (Å²) in [5, 5.41) is 9.74. The summed E-state index contributed by atoms with van der Waals surface area (Å²) in [7, 11) is 0. The van der Waals surface area contributed by atoms with Gasteiger partial charge >= 0.3 is 5.97 Å². The van der Waals surface area contributed by atoms with E-state index in [2.05, 4.69) is 10.3 Å². The molecule has 0 fully saturated rings. The minimum atomic E-state index is -0.641. The zero-order chi connectivity index (χ0) is 22.8.